The van der Waals surface area contributed by atoms with Crippen LogP contribution >= 0.6 is 12.2 Å². The fourth-order valence-corrected chi connectivity index (χ4v) is 2.32. The summed E-state index contributed by atoms with van der Waals surface area (Å²) in [7, 11) is 0. The molecule has 2 rings (SSSR count). The topological polar surface area (TPSA) is 126 Å². The third-order valence-corrected chi connectivity index (χ3v) is 3.58. The molecule has 1 aliphatic rings. The van der Waals surface area contributed by atoms with Crippen molar-refractivity contribution in [3.63, 3.8) is 0 Å². The Labute approximate surface area is 132 Å². The normalized spacial score (nSPS) is 31.0. The minimum atomic E-state index is -1.67. The van der Waals surface area contributed by atoms with E-state index in [2.05, 4.69) is 16.2 Å². The Hall–Kier alpha value is -1.33. The number of anilines is 1. The Kier molecular flexibility index (Phi) is 5.64. The van der Waals surface area contributed by atoms with Gasteiger partial charge in [0.1, 0.15) is 18.3 Å². The molecule has 1 aromatic rings. The van der Waals surface area contributed by atoms with Crippen LogP contribution in [0.5, 0.6) is 0 Å². The molecule has 4 atom stereocenters. The lowest BCUT2D eigenvalue weighted by atomic mass is 10.0. The number of hydrogen-bond acceptors (Lipinski definition) is 7. The Morgan fingerprint density at radius 3 is 2.45 bits per heavy atom. The molecule has 0 bridgehead atoms. The molecule has 1 aromatic carbocycles. The zero-order valence-electron chi connectivity index (χ0n) is 11.6. The van der Waals surface area contributed by atoms with Crippen LogP contribution in [0.2, 0.25) is 0 Å². The second-order valence-corrected chi connectivity index (χ2v) is 5.30. The van der Waals surface area contributed by atoms with E-state index in [1.807, 2.05) is 30.3 Å². The van der Waals surface area contributed by atoms with Gasteiger partial charge in [0, 0.05) is 5.69 Å². The van der Waals surface area contributed by atoms with Crippen LogP contribution in [-0.4, -0.2) is 62.8 Å². The first kappa shape index (κ1) is 17.0. The van der Waals surface area contributed by atoms with Crippen LogP contribution in [0.15, 0.2) is 30.3 Å². The van der Waals surface area contributed by atoms with E-state index in [0.717, 1.165) is 5.69 Å². The first-order valence-corrected chi connectivity index (χ1v) is 7.08. The number of aliphatic hydroxyl groups excluding tert-OH is 4. The molecular formula is C13H19N3O5S. The fraction of sp³-hybridized carbons (Fsp3) is 0.462. The monoisotopic (exact) mass is 329 g/mol. The first-order chi connectivity index (χ1) is 10.5. The molecular weight excluding hydrogens is 310 g/mol. The third kappa shape index (κ3) is 3.52. The molecule has 122 valence electrons. The molecule has 7 N–H and O–H groups in total. The molecule has 0 amide bonds. The SMILES string of the molecule is OC[C@@H]1O[C@](CO)(NNC(=S)Nc2ccccc2)[C@@H](O)[C@@H]1O. The first-order valence-electron chi connectivity index (χ1n) is 6.67. The fourth-order valence-electron chi connectivity index (χ4n) is 2.15. The highest BCUT2D eigenvalue weighted by molar-refractivity contribution is 7.80. The summed E-state index contributed by atoms with van der Waals surface area (Å²) < 4.78 is 5.31. The standard InChI is InChI=1S/C13H19N3O5S/c17-6-9-10(19)11(20)13(7-18,21-9)16-15-12(22)14-8-4-2-1-3-5-8/h1-5,9-11,16-20H,6-7H2,(H2,14,15,22)/t9-,10+,11-,13-/m0/s1. The Bertz CT molecular complexity index is 506. The van der Waals surface area contributed by atoms with E-state index in [4.69, 9.17) is 22.1 Å². The summed E-state index contributed by atoms with van der Waals surface area (Å²) in [5, 5.41) is 41.4. The summed E-state index contributed by atoms with van der Waals surface area (Å²) in [5.74, 6) is 0. The van der Waals surface area contributed by atoms with Crippen molar-refractivity contribution in [2.24, 2.45) is 0 Å². The number of ether oxygens (including phenoxy) is 1. The van der Waals surface area contributed by atoms with Gasteiger partial charge in [-0.2, -0.15) is 5.43 Å². The molecule has 0 saturated carbocycles. The Morgan fingerprint density at radius 2 is 1.91 bits per heavy atom. The highest BCUT2D eigenvalue weighted by Gasteiger charge is 2.54. The van der Waals surface area contributed by atoms with Gasteiger partial charge in [-0.3, -0.25) is 5.43 Å². The Balaban J connectivity index is 1.95. The number of aliphatic hydroxyl groups is 4. The summed E-state index contributed by atoms with van der Waals surface area (Å²) in [6.45, 7) is -1.13. The van der Waals surface area contributed by atoms with E-state index < -0.39 is 37.3 Å². The number of thiocarbonyl (C=S) groups is 1. The molecule has 1 heterocycles. The number of para-hydroxylation sites is 1. The predicted octanol–water partition coefficient (Wildman–Crippen LogP) is -1.72. The molecule has 1 saturated heterocycles. The maximum absolute atomic E-state index is 10.00. The quantitative estimate of drug-likeness (QED) is 0.249. The van der Waals surface area contributed by atoms with Crippen molar-refractivity contribution in [2.45, 2.75) is 24.0 Å². The minimum absolute atomic E-state index is 0.178. The number of hydrogen-bond donors (Lipinski definition) is 7. The van der Waals surface area contributed by atoms with Gasteiger partial charge in [-0.15, -0.1) is 0 Å². The van der Waals surface area contributed by atoms with E-state index in [1.165, 1.54) is 0 Å². The van der Waals surface area contributed by atoms with E-state index in [0.29, 0.717) is 0 Å². The highest BCUT2D eigenvalue weighted by Crippen LogP contribution is 2.28. The summed E-state index contributed by atoms with van der Waals surface area (Å²) >= 11 is 5.08. The lowest BCUT2D eigenvalue weighted by molar-refractivity contribution is -0.142. The van der Waals surface area contributed by atoms with Crippen LogP contribution in [0.3, 0.4) is 0 Å². The molecule has 1 fully saturated rings. The van der Waals surface area contributed by atoms with Gasteiger partial charge in [-0.05, 0) is 24.4 Å². The van der Waals surface area contributed by atoms with Gasteiger partial charge in [0.2, 0.25) is 0 Å². The van der Waals surface area contributed by atoms with Crippen molar-refractivity contribution in [1.29, 1.82) is 0 Å². The molecule has 0 spiro atoms. The van der Waals surface area contributed by atoms with E-state index in [1.54, 1.807) is 0 Å². The summed E-state index contributed by atoms with van der Waals surface area (Å²) in [4.78, 5) is 0. The van der Waals surface area contributed by atoms with Crippen LogP contribution in [0.1, 0.15) is 0 Å². The largest absolute Gasteiger partial charge is 0.394 e. The van der Waals surface area contributed by atoms with Crippen molar-refractivity contribution in [3.05, 3.63) is 30.3 Å². The maximum Gasteiger partial charge on any atom is 0.187 e. The summed E-state index contributed by atoms with van der Waals surface area (Å²) in [6, 6.07) is 9.14. The smallest absolute Gasteiger partial charge is 0.187 e. The van der Waals surface area contributed by atoms with Gasteiger partial charge in [-0.25, -0.2) is 0 Å². The molecule has 0 radical (unpaired) electrons. The average molecular weight is 329 g/mol. The maximum atomic E-state index is 10.00. The van der Waals surface area contributed by atoms with E-state index in [-0.39, 0.29) is 5.11 Å². The van der Waals surface area contributed by atoms with Crippen LogP contribution < -0.4 is 16.2 Å². The van der Waals surface area contributed by atoms with E-state index >= 15 is 0 Å². The lowest BCUT2D eigenvalue weighted by Crippen LogP contribution is -2.63. The van der Waals surface area contributed by atoms with Gasteiger partial charge < -0.3 is 30.5 Å². The highest BCUT2D eigenvalue weighted by atomic mass is 32.1. The molecule has 0 aliphatic carbocycles. The van der Waals surface area contributed by atoms with E-state index in [9.17, 15) is 15.3 Å². The number of benzene rings is 1. The zero-order chi connectivity index (χ0) is 16.2. The molecule has 9 heteroatoms. The van der Waals surface area contributed by atoms with Crippen molar-refractivity contribution in [1.82, 2.24) is 10.9 Å². The summed E-state index contributed by atoms with van der Waals surface area (Å²) in [5.41, 5.74) is 4.23. The number of nitrogens with one attached hydrogen (secondary N) is 3. The van der Waals surface area contributed by atoms with Crippen LogP contribution in [0.25, 0.3) is 0 Å². The molecule has 0 aromatic heterocycles. The number of hydrazine groups is 1. The molecule has 1 aliphatic heterocycles. The van der Waals surface area contributed by atoms with Crippen molar-refractivity contribution in [3.8, 4) is 0 Å². The van der Waals surface area contributed by atoms with Crippen LogP contribution in [0, 0.1) is 0 Å². The predicted molar refractivity (Wildman–Crippen MR) is 82.7 cm³/mol. The zero-order valence-corrected chi connectivity index (χ0v) is 12.5. The molecule has 8 nitrogen and oxygen atoms in total. The number of rotatable bonds is 5. The van der Waals surface area contributed by atoms with Crippen molar-refractivity contribution < 1.29 is 25.2 Å². The second kappa shape index (κ2) is 7.29. The second-order valence-electron chi connectivity index (χ2n) is 4.89. The van der Waals surface area contributed by atoms with Gasteiger partial charge in [0.15, 0.2) is 10.8 Å². The minimum Gasteiger partial charge on any atom is -0.394 e. The van der Waals surface area contributed by atoms with Crippen molar-refractivity contribution >= 4 is 23.0 Å². The van der Waals surface area contributed by atoms with Crippen molar-refractivity contribution in [2.75, 3.05) is 18.5 Å². The van der Waals surface area contributed by atoms with Gasteiger partial charge >= 0.3 is 0 Å². The Morgan fingerprint density at radius 1 is 1.23 bits per heavy atom. The third-order valence-electron chi connectivity index (χ3n) is 3.38. The molecule has 22 heavy (non-hydrogen) atoms. The lowest BCUT2D eigenvalue weighted by Gasteiger charge is -2.31. The van der Waals surface area contributed by atoms with Gasteiger partial charge in [0.25, 0.3) is 0 Å². The summed E-state index contributed by atoms with van der Waals surface area (Å²) in [6.07, 6.45) is -3.78. The molecule has 0 unspecified atom stereocenters. The van der Waals surface area contributed by atoms with Gasteiger partial charge in [-0.1, -0.05) is 18.2 Å². The van der Waals surface area contributed by atoms with Crippen LogP contribution in [-0.2, 0) is 4.74 Å². The average Bonchev–Trinajstić information content (AvgIpc) is 2.79. The van der Waals surface area contributed by atoms with Gasteiger partial charge in [0.05, 0.1) is 13.2 Å². The van der Waals surface area contributed by atoms with Crippen LogP contribution in [0.4, 0.5) is 5.69 Å².